The van der Waals surface area contributed by atoms with Crippen LogP contribution >= 0.6 is 0 Å². The predicted octanol–water partition coefficient (Wildman–Crippen LogP) is 2.80. The molecule has 4 aliphatic heterocycles. The molecule has 5 nitrogen and oxygen atoms in total. The molecule has 4 rings (SSSR count). The normalized spacial score (nSPS) is 28.4. The van der Waals surface area contributed by atoms with Crippen molar-refractivity contribution in [2.75, 3.05) is 58.9 Å². The number of carbonyl (C=O) groups is 1. The van der Waals surface area contributed by atoms with Gasteiger partial charge in [-0.25, -0.2) is 0 Å². The molecule has 28 heavy (non-hydrogen) atoms. The average Bonchev–Trinajstić information content (AvgIpc) is 3.05. The van der Waals surface area contributed by atoms with Gasteiger partial charge in [-0.3, -0.25) is 9.69 Å². The number of piperidine rings is 3. The van der Waals surface area contributed by atoms with E-state index in [4.69, 9.17) is 0 Å². The zero-order valence-corrected chi connectivity index (χ0v) is 18.0. The van der Waals surface area contributed by atoms with E-state index in [1.807, 2.05) is 0 Å². The van der Waals surface area contributed by atoms with Crippen LogP contribution in [0.25, 0.3) is 0 Å². The van der Waals surface area contributed by atoms with Gasteiger partial charge in [0.1, 0.15) is 0 Å². The number of carbonyl (C=O) groups excluding carboxylic acids is 1. The Hall–Kier alpha value is -0.650. The van der Waals surface area contributed by atoms with Crippen LogP contribution in [0.2, 0.25) is 0 Å². The fraction of sp³-hybridized carbons (Fsp3) is 0.957. The summed E-state index contributed by atoms with van der Waals surface area (Å²) in [5.74, 6) is 0.380. The highest BCUT2D eigenvalue weighted by Crippen LogP contribution is 2.23. The Morgan fingerprint density at radius 1 is 0.571 bits per heavy atom. The Labute approximate surface area is 172 Å². The third-order valence-corrected chi connectivity index (χ3v) is 7.80. The first-order valence-electron chi connectivity index (χ1n) is 12.3. The molecular formula is C23H42N4O. The fourth-order valence-electron chi connectivity index (χ4n) is 5.96. The summed E-state index contributed by atoms with van der Waals surface area (Å²) in [6, 6.07) is 1.50. The number of hydrogen-bond donors (Lipinski definition) is 0. The average molecular weight is 391 g/mol. The van der Waals surface area contributed by atoms with Crippen molar-refractivity contribution in [1.29, 1.82) is 0 Å². The molecule has 0 unspecified atom stereocenters. The fourth-order valence-corrected chi connectivity index (χ4v) is 5.96. The van der Waals surface area contributed by atoms with Crippen LogP contribution in [-0.2, 0) is 4.79 Å². The van der Waals surface area contributed by atoms with Gasteiger partial charge in [-0.1, -0.05) is 19.3 Å². The summed E-state index contributed by atoms with van der Waals surface area (Å²) in [4.78, 5) is 22.9. The molecule has 0 aromatic rings. The van der Waals surface area contributed by atoms with Gasteiger partial charge in [-0.05, 0) is 77.5 Å². The van der Waals surface area contributed by atoms with Crippen molar-refractivity contribution in [2.45, 2.75) is 82.7 Å². The van der Waals surface area contributed by atoms with E-state index < -0.39 is 0 Å². The van der Waals surface area contributed by atoms with Crippen LogP contribution in [0.15, 0.2) is 0 Å². The third-order valence-electron chi connectivity index (χ3n) is 7.80. The van der Waals surface area contributed by atoms with E-state index in [1.54, 1.807) is 0 Å². The van der Waals surface area contributed by atoms with Crippen molar-refractivity contribution >= 4 is 5.91 Å². The van der Waals surface area contributed by atoms with Crippen LogP contribution in [0.5, 0.6) is 0 Å². The van der Waals surface area contributed by atoms with Gasteiger partial charge in [0.2, 0.25) is 5.91 Å². The predicted molar refractivity (Wildman–Crippen MR) is 115 cm³/mol. The largest absolute Gasteiger partial charge is 0.341 e. The molecule has 0 spiro atoms. The molecule has 0 saturated carbocycles. The van der Waals surface area contributed by atoms with E-state index in [0.29, 0.717) is 12.5 Å². The Bertz CT molecular complexity index is 469. The molecule has 0 radical (unpaired) electrons. The summed E-state index contributed by atoms with van der Waals surface area (Å²) in [7, 11) is 0. The van der Waals surface area contributed by atoms with E-state index in [-0.39, 0.29) is 0 Å². The van der Waals surface area contributed by atoms with E-state index in [1.165, 1.54) is 96.8 Å². The lowest BCUT2D eigenvalue weighted by molar-refractivity contribution is -0.134. The lowest BCUT2D eigenvalue weighted by atomic mass is 9.99. The third kappa shape index (κ3) is 5.48. The zero-order valence-electron chi connectivity index (χ0n) is 18.0. The van der Waals surface area contributed by atoms with Crippen LogP contribution in [0.4, 0.5) is 0 Å². The van der Waals surface area contributed by atoms with Crippen LogP contribution in [0.1, 0.15) is 70.6 Å². The molecule has 0 aromatic heterocycles. The molecule has 4 fully saturated rings. The summed E-state index contributed by atoms with van der Waals surface area (Å²) in [5, 5.41) is 0. The van der Waals surface area contributed by atoms with E-state index in [0.717, 1.165) is 38.3 Å². The molecule has 0 aromatic carbocycles. The van der Waals surface area contributed by atoms with Crippen molar-refractivity contribution in [3.63, 3.8) is 0 Å². The Balaban J connectivity index is 1.16. The number of amides is 1. The summed E-state index contributed by atoms with van der Waals surface area (Å²) in [5.41, 5.74) is 0. The standard InChI is InChI=1S/C23H42N4O/c28-23(27-18-10-22(11-19-27)26-14-6-3-7-15-26)20-24-16-8-21(9-17-24)25-12-4-1-2-5-13-25/h21-22H,1-20H2. The number of hydrogen-bond acceptors (Lipinski definition) is 4. The SMILES string of the molecule is O=C(CN1CCC(N2CCCCCC2)CC1)N1CCC(N2CCCCC2)CC1. The molecule has 0 bridgehead atoms. The Morgan fingerprint density at radius 3 is 1.50 bits per heavy atom. The minimum Gasteiger partial charge on any atom is -0.341 e. The van der Waals surface area contributed by atoms with Gasteiger partial charge in [-0.2, -0.15) is 0 Å². The Morgan fingerprint density at radius 2 is 1.00 bits per heavy atom. The molecule has 0 atom stereocenters. The van der Waals surface area contributed by atoms with Crippen LogP contribution in [-0.4, -0.2) is 96.5 Å². The minimum absolute atomic E-state index is 0.380. The first-order chi connectivity index (χ1) is 13.8. The summed E-state index contributed by atoms with van der Waals surface area (Å²) < 4.78 is 0. The van der Waals surface area contributed by atoms with Gasteiger partial charge in [0.25, 0.3) is 0 Å². The first-order valence-corrected chi connectivity index (χ1v) is 12.3. The van der Waals surface area contributed by atoms with Crippen molar-refractivity contribution in [3.8, 4) is 0 Å². The topological polar surface area (TPSA) is 30.0 Å². The van der Waals surface area contributed by atoms with E-state index >= 15 is 0 Å². The first kappa shape index (κ1) is 20.6. The van der Waals surface area contributed by atoms with Crippen LogP contribution in [0, 0.1) is 0 Å². The van der Waals surface area contributed by atoms with E-state index in [9.17, 15) is 4.79 Å². The molecular weight excluding hydrogens is 348 g/mol. The van der Waals surface area contributed by atoms with Crippen molar-refractivity contribution in [3.05, 3.63) is 0 Å². The molecule has 4 heterocycles. The second kappa shape index (κ2) is 10.4. The van der Waals surface area contributed by atoms with Crippen LogP contribution in [0.3, 0.4) is 0 Å². The second-order valence-corrected chi connectivity index (χ2v) is 9.67. The summed E-state index contributed by atoms with van der Waals surface area (Å²) in [6.45, 7) is 9.99. The monoisotopic (exact) mass is 390 g/mol. The Kier molecular flexibility index (Phi) is 7.66. The van der Waals surface area contributed by atoms with Crippen molar-refractivity contribution < 1.29 is 4.79 Å². The zero-order chi connectivity index (χ0) is 19.2. The maximum Gasteiger partial charge on any atom is 0.236 e. The maximum atomic E-state index is 12.8. The van der Waals surface area contributed by atoms with Gasteiger partial charge >= 0.3 is 0 Å². The molecule has 5 heteroatoms. The van der Waals surface area contributed by atoms with Crippen molar-refractivity contribution in [2.24, 2.45) is 0 Å². The lowest BCUT2D eigenvalue weighted by Crippen LogP contribution is -2.51. The molecule has 0 N–H and O–H groups in total. The number of rotatable bonds is 4. The second-order valence-electron chi connectivity index (χ2n) is 9.67. The van der Waals surface area contributed by atoms with Crippen LogP contribution < -0.4 is 0 Å². The summed E-state index contributed by atoms with van der Waals surface area (Å²) in [6.07, 6.45) is 14.6. The van der Waals surface area contributed by atoms with Gasteiger partial charge < -0.3 is 14.7 Å². The molecule has 4 aliphatic rings. The highest BCUT2D eigenvalue weighted by atomic mass is 16.2. The molecule has 0 aliphatic carbocycles. The van der Waals surface area contributed by atoms with E-state index in [2.05, 4.69) is 19.6 Å². The molecule has 4 saturated heterocycles. The highest BCUT2D eigenvalue weighted by molar-refractivity contribution is 5.78. The maximum absolute atomic E-state index is 12.8. The number of nitrogens with zero attached hydrogens (tertiary/aromatic N) is 4. The molecule has 160 valence electrons. The van der Waals surface area contributed by atoms with Gasteiger partial charge in [-0.15, -0.1) is 0 Å². The van der Waals surface area contributed by atoms with Gasteiger partial charge in [0.05, 0.1) is 6.54 Å². The van der Waals surface area contributed by atoms with Crippen molar-refractivity contribution in [1.82, 2.24) is 19.6 Å². The quantitative estimate of drug-likeness (QED) is 0.738. The molecule has 1 amide bonds. The smallest absolute Gasteiger partial charge is 0.236 e. The van der Waals surface area contributed by atoms with Gasteiger partial charge in [0.15, 0.2) is 0 Å². The summed E-state index contributed by atoms with van der Waals surface area (Å²) >= 11 is 0. The van der Waals surface area contributed by atoms with Gasteiger partial charge in [0, 0.05) is 38.3 Å². The number of likely N-dealkylation sites (tertiary alicyclic amines) is 4. The highest BCUT2D eigenvalue weighted by Gasteiger charge is 2.30. The lowest BCUT2D eigenvalue weighted by Gasteiger charge is -2.41. The minimum atomic E-state index is 0.380.